The summed E-state index contributed by atoms with van der Waals surface area (Å²) in [7, 11) is -3.00. The predicted molar refractivity (Wildman–Crippen MR) is 80.1 cm³/mol. The number of hydrogen-bond donors (Lipinski definition) is 0. The molecule has 19 heavy (non-hydrogen) atoms. The molecule has 0 amide bonds. The van der Waals surface area contributed by atoms with Crippen molar-refractivity contribution in [2.45, 2.75) is 19.2 Å². The Balaban J connectivity index is 2.72. The summed E-state index contributed by atoms with van der Waals surface area (Å²) in [5, 5.41) is 0.734. The van der Waals surface area contributed by atoms with Gasteiger partial charge in [-0.25, -0.2) is 8.42 Å². The van der Waals surface area contributed by atoms with Crippen LogP contribution in [0.5, 0.6) is 11.5 Å². The molecule has 0 heterocycles. The van der Waals surface area contributed by atoms with Gasteiger partial charge >= 0.3 is 0 Å². The average molecular weight is 351 g/mol. The molecule has 1 aromatic carbocycles. The standard InChI is InChI=1S/C13H19BrO4S/c1-3-17-13-9-11(10-14)5-6-12(13)18-7-8-19(15,16)4-2/h5-6,9H,3-4,7-8,10H2,1-2H3. The fourth-order valence-electron chi connectivity index (χ4n) is 1.45. The van der Waals surface area contributed by atoms with E-state index in [4.69, 9.17) is 9.47 Å². The van der Waals surface area contributed by atoms with Gasteiger partial charge in [0.05, 0.1) is 12.4 Å². The quantitative estimate of drug-likeness (QED) is 0.676. The van der Waals surface area contributed by atoms with Gasteiger partial charge in [0.15, 0.2) is 21.3 Å². The van der Waals surface area contributed by atoms with Crippen LogP contribution < -0.4 is 9.47 Å². The summed E-state index contributed by atoms with van der Waals surface area (Å²) < 4.78 is 33.8. The second-order valence-electron chi connectivity index (χ2n) is 3.93. The van der Waals surface area contributed by atoms with Crippen molar-refractivity contribution in [3.63, 3.8) is 0 Å². The van der Waals surface area contributed by atoms with Gasteiger partial charge < -0.3 is 9.47 Å². The molecule has 0 atom stereocenters. The number of sulfone groups is 1. The van der Waals surface area contributed by atoms with E-state index in [2.05, 4.69) is 15.9 Å². The van der Waals surface area contributed by atoms with Crippen molar-refractivity contribution in [3.05, 3.63) is 23.8 Å². The van der Waals surface area contributed by atoms with Gasteiger partial charge in [-0.15, -0.1) is 0 Å². The van der Waals surface area contributed by atoms with E-state index in [0.29, 0.717) is 18.1 Å². The second-order valence-corrected chi connectivity index (χ2v) is 6.97. The van der Waals surface area contributed by atoms with Gasteiger partial charge in [0.25, 0.3) is 0 Å². The fraction of sp³-hybridized carbons (Fsp3) is 0.538. The van der Waals surface area contributed by atoms with Crippen LogP contribution in [-0.4, -0.2) is 33.1 Å². The van der Waals surface area contributed by atoms with Crippen LogP contribution >= 0.6 is 15.9 Å². The van der Waals surface area contributed by atoms with Crippen LogP contribution in [0.2, 0.25) is 0 Å². The number of hydrogen-bond acceptors (Lipinski definition) is 4. The molecule has 0 N–H and O–H groups in total. The van der Waals surface area contributed by atoms with E-state index in [-0.39, 0.29) is 18.1 Å². The molecule has 6 heteroatoms. The topological polar surface area (TPSA) is 52.6 Å². The zero-order valence-corrected chi connectivity index (χ0v) is 13.6. The first-order valence-electron chi connectivity index (χ1n) is 6.17. The Bertz CT molecular complexity index is 499. The number of rotatable bonds is 8. The minimum atomic E-state index is -3.00. The zero-order chi connectivity index (χ0) is 14.3. The first-order chi connectivity index (χ1) is 9.02. The molecule has 0 saturated carbocycles. The van der Waals surface area contributed by atoms with Crippen LogP contribution in [0.3, 0.4) is 0 Å². The lowest BCUT2D eigenvalue weighted by molar-refractivity contribution is 0.288. The summed E-state index contributed by atoms with van der Waals surface area (Å²) in [4.78, 5) is 0. The van der Waals surface area contributed by atoms with Gasteiger partial charge in [0.1, 0.15) is 6.61 Å². The molecule has 108 valence electrons. The highest BCUT2D eigenvalue weighted by Gasteiger charge is 2.10. The van der Waals surface area contributed by atoms with E-state index in [9.17, 15) is 8.42 Å². The molecule has 0 unspecified atom stereocenters. The van der Waals surface area contributed by atoms with Crippen LogP contribution in [0, 0.1) is 0 Å². The van der Waals surface area contributed by atoms with Gasteiger partial charge in [0, 0.05) is 11.1 Å². The highest BCUT2D eigenvalue weighted by molar-refractivity contribution is 9.08. The van der Waals surface area contributed by atoms with Gasteiger partial charge in [-0.3, -0.25) is 0 Å². The van der Waals surface area contributed by atoms with Crippen molar-refractivity contribution in [2.24, 2.45) is 0 Å². The lowest BCUT2D eigenvalue weighted by Gasteiger charge is -2.12. The average Bonchev–Trinajstić information content (AvgIpc) is 2.40. The van der Waals surface area contributed by atoms with Crippen LogP contribution in [0.1, 0.15) is 19.4 Å². The molecule has 0 aromatic heterocycles. The van der Waals surface area contributed by atoms with E-state index in [1.165, 1.54) is 0 Å². The van der Waals surface area contributed by atoms with Crippen molar-refractivity contribution < 1.29 is 17.9 Å². The second kappa shape index (κ2) is 7.75. The van der Waals surface area contributed by atoms with E-state index < -0.39 is 9.84 Å². The maximum absolute atomic E-state index is 11.4. The first-order valence-corrected chi connectivity index (χ1v) is 9.11. The van der Waals surface area contributed by atoms with E-state index in [1.54, 1.807) is 13.0 Å². The lowest BCUT2D eigenvalue weighted by atomic mass is 10.2. The summed E-state index contributed by atoms with van der Waals surface area (Å²) in [5.74, 6) is 1.39. The minimum absolute atomic E-state index is 0.0231. The molecule has 0 fully saturated rings. The van der Waals surface area contributed by atoms with Gasteiger partial charge in [-0.2, -0.15) is 0 Å². The van der Waals surface area contributed by atoms with E-state index >= 15 is 0 Å². The van der Waals surface area contributed by atoms with Gasteiger partial charge in [-0.1, -0.05) is 28.9 Å². The van der Waals surface area contributed by atoms with Crippen molar-refractivity contribution in [1.82, 2.24) is 0 Å². The fourth-order valence-corrected chi connectivity index (χ4v) is 2.42. The minimum Gasteiger partial charge on any atom is -0.490 e. The highest BCUT2D eigenvalue weighted by Crippen LogP contribution is 2.29. The Morgan fingerprint density at radius 1 is 1.16 bits per heavy atom. The van der Waals surface area contributed by atoms with E-state index in [1.807, 2.05) is 19.1 Å². The summed E-state index contributed by atoms with van der Waals surface area (Å²) >= 11 is 3.38. The molecule has 0 radical (unpaired) electrons. The molecule has 0 saturated heterocycles. The molecule has 0 aliphatic rings. The number of ether oxygens (including phenoxy) is 2. The smallest absolute Gasteiger partial charge is 0.161 e. The van der Waals surface area contributed by atoms with Crippen molar-refractivity contribution in [3.8, 4) is 11.5 Å². The van der Waals surface area contributed by atoms with Gasteiger partial charge in [-0.05, 0) is 24.6 Å². The third-order valence-electron chi connectivity index (χ3n) is 2.55. The summed E-state index contributed by atoms with van der Waals surface area (Å²) in [6.07, 6.45) is 0. The zero-order valence-electron chi connectivity index (χ0n) is 11.2. The monoisotopic (exact) mass is 350 g/mol. The number of halogens is 1. The van der Waals surface area contributed by atoms with Crippen LogP contribution in [0.15, 0.2) is 18.2 Å². The summed E-state index contributed by atoms with van der Waals surface area (Å²) in [6, 6.07) is 5.61. The van der Waals surface area contributed by atoms with Crippen LogP contribution in [0.25, 0.3) is 0 Å². The Labute approximate surface area is 123 Å². The molecule has 0 spiro atoms. The Morgan fingerprint density at radius 3 is 2.47 bits per heavy atom. The predicted octanol–water partition coefficient (Wildman–Crippen LogP) is 2.79. The maximum atomic E-state index is 11.4. The Hall–Kier alpha value is -0.750. The van der Waals surface area contributed by atoms with Crippen LogP contribution in [-0.2, 0) is 15.2 Å². The SMILES string of the molecule is CCOc1cc(CBr)ccc1OCCS(=O)(=O)CC. The van der Waals surface area contributed by atoms with Crippen LogP contribution in [0.4, 0.5) is 0 Å². The molecular formula is C13H19BrO4S. The lowest BCUT2D eigenvalue weighted by Crippen LogP contribution is -2.15. The molecule has 1 aromatic rings. The van der Waals surface area contributed by atoms with Crippen molar-refractivity contribution in [1.29, 1.82) is 0 Å². The maximum Gasteiger partial charge on any atom is 0.161 e. The summed E-state index contributed by atoms with van der Waals surface area (Å²) in [5.41, 5.74) is 1.08. The largest absolute Gasteiger partial charge is 0.490 e. The molecular weight excluding hydrogens is 332 g/mol. The Morgan fingerprint density at radius 2 is 1.89 bits per heavy atom. The molecule has 0 aliphatic heterocycles. The van der Waals surface area contributed by atoms with Crippen molar-refractivity contribution >= 4 is 25.8 Å². The van der Waals surface area contributed by atoms with E-state index in [0.717, 1.165) is 10.9 Å². The third kappa shape index (κ3) is 5.40. The molecule has 0 aliphatic carbocycles. The molecule has 1 rings (SSSR count). The molecule has 4 nitrogen and oxygen atoms in total. The highest BCUT2D eigenvalue weighted by atomic mass is 79.9. The van der Waals surface area contributed by atoms with Crippen molar-refractivity contribution in [2.75, 3.05) is 24.7 Å². The number of alkyl halides is 1. The third-order valence-corrected chi connectivity index (χ3v) is 4.87. The Kier molecular flexibility index (Phi) is 6.65. The normalized spacial score (nSPS) is 11.3. The van der Waals surface area contributed by atoms with Gasteiger partial charge in [0.2, 0.25) is 0 Å². The summed E-state index contributed by atoms with van der Waals surface area (Å²) in [6.45, 7) is 4.21. The first kappa shape index (κ1) is 16.3. The number of benzene rings is 1. The molecule has 0 bridgehead atoms.